The highest BCUT2D eigenvalue weighted by molar-refractivity contribution is 7.98. The molecule has 0 aliphatic rings. The summed E-state index contributed by atoms with van der Waals surface area (Å²) >= 11 is 1.76. The number of rotatable bonds is 6. The van der Waals surface area contributed by atoms with Crippen LogP contribution in [0.25, 0.3) is 11.0 Å². The predicted molar refractivity (Wildman–Crippen MR) is 83.8 cm³/mol. The topological polar surface area (TPSA) is 55.1 Å². The fourth-order valence-electron chi connectivity index (χ4n) is 2.56. The van der Waals surface area contributed by atoms with Crippen LogP contribution in [0.2, 0.25) is 0 Å². The van der Waals surface area contributed by atoms with E-state index in [2.05, 4.69) is 29.7 Å². The number of hydrogen-bond donors (Lipinski definition) is 1. The normalized spacial score (nSPS) is 12.8. The van der Waals surface area contributed by atoms with Crippen molar-refractivity contribution in [3.05, 3.63) is 29.6 Å². The molecule has 1 atom stereocenters. The smallest absolute Gasteiger partial charge is 0.337 e. The summed E-state index contributed by atoms with van der Waals surface area (Å²) in [6.07, 6.45) is 3.93. The molecule has 1 N–H and O–H groups in total. The summed E-state index contributed by atoms with van der Waals surface area (Å²) < 4.78 is 2.11. The van der Waals surface area contributed by atoms with Crippen molar-refractivity contribution in [2.45, 2.75) is 32.7 Å². The van der Waals surface area contributed by atoms with Gasteiger partial charge in [0.25, 0.3) is 0 Å². The zero-order valence-electron chi connectivity index (χ0n) is 12.1. The van der Waals surface area contributed by atoms with Crippen LogP contribution in [0.1, 0.15) is 42.5 Å². The largest absolute Gasteiger partial charge is 0.478 e. The van der Waals surface area contributed by atoms with Gasteiger partial charge in [-0.15, -0.1) is 0 Å². The first-order chi connectivity index (χ1) is 9.60. The van der Waals surface area contributed by atoms with Gasteiger partial charge in [-0.05, 0) is 31.7 Å². The van der Waals surface area contributed by atoms with Crippen LogP contribution in [0.15, 0.2) is 18.2 Å². The summed E-state index contributed by atoms with van der Waals surface area (Å²) in [6, 6.07) is 5.54. The minimum atomic E-state index is -0.892. The van der Waals surface area contributed by atoms with Gasteiger partial charge < -0.3 is 9.67 Å². The van der Waals surface area contributed by atoms with Gasteiger partial charge in [0.05, 0.1) is 16.6 Å². The van der Waals surface area contributed by atoms with Crippen LogP contribution >= 0.6 is 11.8 Å². The van der Waals surface area contributed by atoms with Gasteiger partial charge in [-0.3, -0.25) is 0 Å². The number of fused-ring (bicyclic) bond motifs is 1. The Kier molecular flexibility index (Phi) is 4.70. The molecule has 0 aliphatic heterocycles. The van der Waals surface area contributed by atoms with Gasteiger partial charge in [-0.25, -0.2) is 9.78 Å². The lowest BCUT2D eigenvalue weighted by Crippen LogP contribution is -2.13. The summed E-state index contributed by atoms with van der Waals surface area (Å²) in [5.74, 6) is 1.03. The van der Waals surface area contributed by atoms with E-state index in [0.717, 1.165) is 35.5 Å². The predicted octanol–water partition coefficient (Wildman–Crippen LogP) is 3.61. The van der Waals surface area contributed by atoms with Gasteiger partial charge in [0, 0.05) is 18.2 Å². The lowest BCUT2D eigenvalue weighted by Gasteiger charge is -2.17. The Morgan fingerprint density at radius 1 is 1.50 bits per heavy atom. The van der Waals surface area contributed by atoms with Crippen LogP contribution in [0.3, 0.4) is 0 Å². The molecule has 1 unspecified atom stereocenters. The molecule has 0 fully saturated rings. The summed E-state index contributed by atoms with van der Waals surface area (Å²) in [7, 11) is 0. The molecule has 0 amide bonds. The number of carboxylic acid groups (broad SMARTS) is 1. The molecular formula is C15H20N2O2S. The number of carboxylic acids is 1. The number of thioether (sulfide) groups is 1. The van der Waals surface area contributed by atoms with Gasteiger partial charge in [0.1, 0.15) is 5.82 Å². The number of nitrogens with zero attached hydrogens (tertiary/aromatic N) is 2. The van der Waals surface area contributed by atoms with Gasteiger partial charge in [0.2, 0.25) is 0 Å². The minimum absolute atomic E-state index is 0.233. The first kappa shape index (κ1) is 14.9. The third-order valence-corrected chi connectivity index (χ3v) is 4.15. The van der Waals surface area contributed by atoms with Crippen molar-refractivity contribution in [3.63, 3.8) is 0 Å². The summed E-state index contributed by atoms with van der Waals surface area (Å²) in [6.45, 7) is 4.23. The molecule has 4 nitrogen and oxygen atoms in total. The molecule has 1 aromatic carbocycles. The Balaban J connectivity index is 2.70. The minimum Gasteiger partial charge on any atom is -0.478 e. The average Bonchev–Trinajstić information content (AvgIpc) is 2.77. The zero-order valence-corrected chi connectivity index (χ0v) is 12.9. The lowest BCUT2D eigenvalue weighted by atomic mass is 10.1. The maximum Gasteiger partial charge on any atom is 0.337 e. The van der Waals surface area contributed by atoms with Crippen LogP contribution in [-0.4, -0.2) is 32.6 Å². The van der Waals surface area contributed by atoms with Crippen LogP contribution in [0, 0.1) is 0 Å². The van der Waals surface area contributed by atoms with E-state index in [1.165, 1.54) is 0 Å². The van der Waals surface area contributed by atoms with Crippen LogP contribution in [-0.2, 0) is 6.42 Å². The number of aromatic nitrogens is 2. The van der Waals surface area contributed by atoms with E-state index >= 15 is 0 Å². The van der Waals surface area contributed by atoms with Gasteiger partial charge in [-0.1, -0.05) is 13.0 Å². The maximum atomic E-state index is 11.5. The van der Waals surface area contributed by atoms with E-state index in [1.54, 1.807) is 23.9 Å². The van der Waals surface area contributed by atoms with E-state index in [4.69, 9.17) is 0 Å². The second kappa shape index (κ2) is 6.31. The zero-order chi connectivity index (χ0) is 14.7. The standard InChI is InChI=1S/C15H20N2O2S/c1-4-6-13-16-12-8-5-7-11(15(18)19)14(12)17(13)10(2)9-20-3/h5,7-8,10H,4,6,9H2,1-3H3,(H,18,19). The van der Waals surface area contributed by atoms with Crippen molar-refractivity contribution in [3.8, 4) is 0 Å². The SMILES string of the molecule is CCCc1nc2cccc(C(=O)O)c2n1C(C)CSC. The first-order valence-electron chi connectivity index (χ1n) is 6.82. The van der Waals surface area contributed by atoms with Crippen molar-refractivity contribution in [1.29, 1.82) is 0 Å². The average molecular weight is 292 g/mol. The molecule has 0 saturated carbocycles. The Morgan fingerprint density at radius 3 is 2.85 bits per heavy atom. The fraction of sp³-hybridized carbons (Fsp3) is 0.467. The fourth-order valence-corrected chi connectivity index (χ4v) is 3.19. The molecule has 2 rings (SSSR count). The van der Waals surface area contributed by atoms with E-state index in [-0.39, 0.29) is 6.04 Å². The third-order valence-electron chi connectivity index (χ3n) is 3.34. The van der Waals surface area contributed by atoms with Crippen molar-refractivity contribution in [2.75, 3.05) is 12.0 Å². The number of hydrogen-bond acceptors (Lipinski definition) is 3. The molecular weight excluding hydrogens is 272 g/mol. The molecule has 2 aromatic rings. The van der Waals surface area contributed by atoms with E-state index < -0.39 is 5.97 Å². The number of aryl methyl sites for hydroxylation is 1. The van der Waals surface area contributed by atoms with Gasteiger partial charge in [0.15, 0.2) is 0 Å². The molecule has 0 saturated heterocycles. The molecule has 0 radical (unpaired) electrons. The monoisotopic (exact) mass is 292 g/mol. The Morgan fingerprint density at radius 2 is 2.25 bits per heavy atom. The van der Waals surface area contributed by atoms with Crippen molar-refractivity contribution >= 4 is 28.8 Å². The number of para-hydroxylation sites is 1. The number of benzene rings is 1. The Labute approximate surface area is 123 Å². The molecule has 108 valence electrons. The summed E-state index contributed by atoms with van der Waals surface area (Å²) in [5.41, 5.74) is 1.87. The Bertz CT molecular complexity index is 622. The van der Waals surface area contributed by atoms with Crippen LogP contribution in [0.5, 0.6) is 0 Å². The van der Waals surface area contributed by atoms with Crippen molar-refractivity contribution in [1.82, 2.24) is 9.55 Å². The molecule has 5 heteroatoms. The Hall–Kier alpha value is -1.49. The molecule has 0 bridgehead atoms. The second-order valence-electron chi connectivity index (χ2n) is 4.93. The first-order valence-corrected chi connectivity index (χ1v) is 8.21. The maximum absolute atomic E-state index is 11.5. The highest BCUT2D eigenvalue weighted by Gasteiger charge is 2.20. The van der Waals surface area contributed by atoms with Gasteiger partial charge in [-0.2, -0.15) is 11.8 Å². The van der Waals surface area contributed by atoms with E-state index in [0.29, 0.717) is 5.56 Å². The van der Waals surface area contributed by atoms with Gasteiger partial charge >= 0.3 is 5.97 Å². The molecule has 0 aliphatic carbocycles. The number of aromatic carboxylic acids is 1. The highest BCUT2D eigenvalue weighted by Crippen LogP contribution is 2.27. The third kappa shape index (κ3) is 2.68. The van der Waals surface area contributed by atoms with Crippen LogP contribution in [0.4, 0.5) is 0 Å². The molecule has 20 heavy (non-hydrogen) atoms. The summed E-state index contributed by atoms with van der Waals surface area (Å²) in [4.78, 5) is 16.1. The molecule has 1 aromatic heterocycles. The second-order valence-corrected chi connectivity index (χ2v) is 5.84. The summed E-state index contributed by atoms with van der Waals surface area (Å²) in [5, 5.41) is 9.41. The highest BCUT2D eigenvalue weighted by atomic mass is 32.2. The quantitative estimate of drug-likeness (QED) is 0.883. The van der Waals surface area contributed by atoms with Crippen molar-refractivity contribution < 1.29 is 9.90 Å². The molecule has 0 spiro atoms. The van der Waals surface area contributed by atoms with E-state index in [9.17, 15) is 9.90 Å². The van der Waals surface area contributed by atoms with Crippen molar-refractivity contribution in [2.24, 2.45) is 0 Å². The molecule has 1 heterocycles. The number of imidazole rings is 1. The van der Waals surface area contributed by atoms with Crippen LogP contribution < -0.4 is 0 Å². The number of carbonyl (C=O) groups is 1. The van der Waals surface area contributed by atoms with E-state index in [1.807, 2.05) is 6.07 Å². The lowest BCUT2D eigenvalue weighted by molar-refractivity contribution is 0.0698.